The van der Waals surface area contributed by atoms with Crippen LogP contribution in [0.3, 0.4) is 0 Å². The first-order chi connectivity index (χ1) is 9.40. The van der Waals surface area contributed by atoms with Crippen molar-refractivity contribution in [1.29, 1.82) is 0 Å². The lowest BCUT2D eigenvalue weighted by molar-refractivity contribution is 0.194. The molecular formula is C14H20N4O. The Hall–Kier alpha value is -1.46. The minimum atomic E-state index is 0.345. The molecule has 0 radical (unpaired) electrons. The van der Waals surface area contributed by atoms with E-state index in [1.54, 1.807) is 7.11 Å². The smallest absolute Gasteiger partial charge is 0.161 e. The maximum atomic E-state index is 5.13. The van der Waals surface area contributed by atoms with Gasteiger partial charge in [0.05, 0.1) is 6.17 Å². The van der Waals surface area contributed by atoms with Gasteiger partial charge in [-0.15, -0.1) is 0 Å². The van der Waals surface area contributed by atoms with Gasteiger partial charge in [0.1, 0.15) is 11.3 Å². The normalized spacial score (nSPS) is 19.3. The van der Waals surface area contributed by atoms with Crippen molar-refractivity contribution in [2.75, 3.05) is 20.3 Å². The largest absolute Gasteiger partial charge is 0.385 e. The van der Waals surface area contributed by atoms with Crippen molar-refractivity contribution in [1.82, 2.24) is 19.9 Å². The Balaban J connectivity index is 1.96. The monoisotopic (exact) mass is 260 g/mol. The fourth-order valence-electron chi connectivity index (χ4n) is 2.74. The Bertz CT molecular complexity index is 545. The highest BCUT2D eigenvalue weighted by Gasteiger charge is 2.22. The molecule has 2 aromatic heterocycles. The third-order valence-corrected chi connectivity index (χ3v) is 3.62. The van der Waals surface area contributed by atoms with Crippen LogP contribution in [-0.4, -0.2) is 34.8 Å². The first-order valence-electron chi connectivity index (χ1n) is 6.94. The van der Waals surface area contributed by atoms with E-state index in [0.29, 0.717) is 6.17 Å². The van der Waals surface area contributed by atoms with E-state index in [1.165, 1.54) is 6.42 Å². The standard InChI is InChI=1S/C14H20N4O/c1-19-10-4-7-13-17-11-5-2-9-16-14(11)18(13)12-6-3-8-15-12/h2,5,9,12,15H,3-4,6-8,10H2,1H3. The van der Waals surface area contributed by atoms with Crippen molar-refractivity contribution in [2.45, 2.75) is 31.8 Å². The Morgan fingerprint density at radius 2 is 2.47 bits per heavy atom. The second-order valence-corrected chi connectivity index (χ2v) is 4.95. The molecule has 1 atom stereocenters. The van der Waals surface area contributed by atoms with E-state index in [9.17, 15) is 0 Å². The Labute approximate surface area is 113 Å². The number of hydrogen-bond donors (Lipinski definition) is 1. The molecule has 3 heterocycles. The zero-order valence-electron chi connectivity index (χ0n) is 11.3. The van der Waals surface area contributed by atoms with Crippen molar-refractivity contribution in [3.05, 3.63) is 24.2 Å². The van der Waals surface area contributed by atoms with E-state index in [0.717, 1.165) is 49.4 Å². The summed E-state index contributed by atoms with van der Waals surface area (Å²) in [6, 6.07) is 3.98. The summed E-state index contributed by atoms with van der Waals surface area (Å²) in [5.41, 5.74) is 1.98. The SMILES string of the molecule is COCCCc1nc2cccnc2n1C1CCCN1. The molecule has 1 saturated heterocycles. The van der Waals surface area contributed by atoms with Crippen molar-refractivity contribution >= 4 is 11.2 Å². The number of ether oxygens (including phenoxy) is 1. The van der Waals surface area contributed by atoms with E-state index in [4.69, 9.17) is 9.72 Å². The molecule has 1 aliphatic heterocycles. The van der Waals surface area contributed by atoms with Gasteiger partial charge in [0.25, 0.3) is 0 Å². The van der Waals surface area contributed by atoms with Crippen LogP contribution in [0.1, 0.15) is 31.3 Å². The summed E-state index contributed by atoms with van der Waals surface area (Å²) in [6.45, 7) is 1.85. The summed E-state index contributed by atoms with van der Waals surface area (Å²) in [4.78, 5) is 9.24. The lowest BCUT2D eigenvalue weighted by Gasteiger charge is -2.16. The number of imidazole rings is 1. The minimum Gasteiger partial charge on any atom is -0.385 e. The van der Waals surface area contributed by atoms with Gasteiger partial charge in [-0.05, 0) is 37.9 Å². The maximum Gasteiger partial charge on any atom is 0.161 e. The molecular weight excluding hydrogens is 240 g/mol. The topological polar surface area (TPSA) is 52.0 Å². The second kappa shape index (κ2) is 5.67. The first-order valence-corrected chi connectivity index (χ1v) is 6.94. The number of pyridine rings is 1. The van der Waals surface area contributed by atoms with E-state index >= 15 is 0 Å². The highest BCUT2D eigenvalue weighted by atomic mass is 16.5. The van der Waals surface area contributed by atoms with Crippen molar-refractivity contribution in [3.8, 4) is 0 Å². The van der Waals surface area contributed by atoms with Crippen molar-refractivity contribution in [3.63, 3.8) is 0 Å². The summed E-state index contributed by atoms with van der Waals surface area (Å²) < 4.78 is 7.41. The van der Waals surface area contributed by atoms with Crippen LogP contribution in [0.15, 0.2) is 18.3 Å². The second-order valence-electron chi connectivity index (χ2n) is 4.95. The van der Waals surface area contributed by atoms with Crippen LogP contribution in [0.2, 0.25) is 0 Å². The Kier molecular flexibility index (Phi) is 3.75. The lowest BCUT2D eigenvalue weighted by Crippen LogP contribution is -2.22. The van der Waals surface area contributed by atoms with Gasteiger partial charge in [0.2, 0.25) is 0 Å². The molecule has 5 heteroatoms. The summed E-state index contributed by atoms with van der Waals surface area (Å²) in [6.07, 6.45) is 6.48. The molecule has 102 valence electrons. The van der Waals surface area contributed by atoms with Gasteiger partial charge in [-0.25, -0.2) is 9.97 Å². The number of nitrogens with one attached hydrogen (secondary N) is 1. The Morgan fingerprint density at radius 3 is 3.26 bits per heavy atom. The van der Waals surface area contributed by atoms with Crippen LogP contribution >= 0.6 is 0 Å². The number of methoxy groups -OCH3 is 1. The van der Waals surface area contributed by atoms with E-state index < -0.39 is 0 Å². The van der Waals surface area contributed by atoms with Gasteiger partial charge in [-0.2, -0.15) is 0 Å². The van der Waals surface area contributed by atoms with Crippen LogP contribution in [0.5, 0.6) is 0 Å². The molecule has 0 amide bonds. The average Bonchev–Trinajstić information content (AvgIpc) is 3.04. The molecule has 2 aromatic rings. The minimum absolute atomic E-state index is 0.345. The molecule has 1 unspecified atom stereocenters. The number of rotatable bonds is 5. The van der Waals surface area contributed by atoms with Crippen LogP contribution < -0.4 is 5.32 Å². The van der Waals surface area contributed by atoms with Gasteiger partial charge in [-0.1, -0.05) is 0 Å². The van der Waals surface area contributed by atoms with E-state index in [2.05, 4.69) is 14.9 Å². The van der Waals surface area contributed by atoms with Crippen molar-refractivity contribution in [2.24, 2.45) is 0 Å². The van der Waals surface area contributed by atoms with Gasteiger partial charge in [-0.3, -0.25) is 9.88 Å². The van der Waals surface area contributed by atoms with Gasteiger partial charge in [0, 0.05) is 26.3 Å². The molecule has 0 spiro atoms. The fourth-order valence-corrected chi connectivity index (χ4v) is 2.74. The fraction of sp³-hybridized carbons (Fsp3) is 0.571. The zero-order valence-corrected chi connectivity index (χ0v) is 11.3. The summed E-state index contributed by atoms with van der Waals surface area (Å²) in [7, 11) is 1.74. The number of nitrogens with zero attached hydrogens (tertiary/aromatic N) is 3. The number of aryl methyl sites for hydroxylation is 1. The first kappa shape index (κ1) is 12.6. The third kappa shape index (κ3) is 2.48. The molecule has 3 rings (SSSR count). The molecule has 5 nitrogen and oxygen atoms in total. The molecule has 0 aromatic carbocycles. The maximum absolute atomic E-state index is 5.13. The van der Waals surface area contributed by atoms with Crippen LogP contribution in [-0.2, 0) is 11.2 Å². The summed E-state index contributed by atoms with van der Waals surface area (Å²) in [5.74, 6) is 1.12. The average molecular weight is 260 g/mol. The zero-order chi connectivity index (χ0) is 13.1. The molecule has 1 aliphatic rings. The van der Waals surface area contributed by atoms with Crippen LogP contribution in [0.4, 0.5) is 0 Å². The summed E-state index contributed by atoms with van der Waals surface area (Å²) in [5, 5.41) is 3.53. The van der Waals surface area contributed by atoms with E-state index in [-0.39, 0.29) is 0 Å². The molecule has 19 heavy (non-hydrogen) atoms. The predicted octanol–water partition coefficient (Wildman–Crippen LogP) is 1.89. The highest BCUT2D eigenvalue weighted by Crippen LogP contribution is 2.24. The highest BCUT2D eigenvalue weighted by molar-refractivity contribution is 5.71. The third-order valence-electron chi connectivity index (χ3n) is 3.62. The number of hydrogen-bond acceptors (Lipinski definition) is 4. The van der Waals surface area contributed by atoms with Crippen LogP contribution in [0.25, 0.3) is 11.2 Å². The number of aromatic nitrogens is 3. The lowest BCUT2D eigenvalue weighted by atomic mass is 10.3. The molecule has 1 fully saturated rings. The summed E-state index contributed by atoms with van der Waals surface area (Å²) >= 11 is 0. The quantitative estimate of drug-likeness (QED) is 0.834. The number of fused-ring (bicyclic) bond motifs is 1. The van der Waals surface area contributed by atoms with Gasteiger partial charge < -0.3 is 4.74 Å². The molecule has 0 aliphatic carbocycles. The van der Waals surface area contributed by atoms with E-state index in [1.807, 2.05) is 18.3 Å². The molecule has 0 saturated carbocycles. The molecule has 1 N–H and O–H groups in total. The Morgan fingerprint density at radius 1 is 1.53 bits per heavy atom. The predicted molar refractivity (Wildman–Crippen MR) is 74.0 cm³/mol. The van der Waals surface area contributed by atoms with Gasteiger partial charge >= 0.3 is 0 Å². The van der Waals surface area contributed by atoms with Gasteiger partial charge in [0.15, 0.2) is 5.65 Å². The van der Waals surface area contributed by atoms with Crippen LogP contribution in [0, 0.1) is 0 Å². The van der Waals surface area contributed by atoms with Crippen molar-refractivity contribution < 1.29 is 4.74 Å². The molecule has 0 bridgehead atoms.